The summed E-state index contributed by atoms with van der Waals surface area (Å²) in [5.74, 6) is -0.575. The zero-order valence-corrected chi connectivity index (χ0v) is 12.2. The van der Waals surface area contributed by atoms with Gasteiger partial charge in [0, 0.05) is 17.5 Å². The lowest BCUT2D eigenvalue weighted by atomic mass is 10.3. The SMILES string of the molecule is COc1cccc(NC(=O)CSCC(NC=O)C(=O)O)c1. The number of thioether (sulfide) groups is 1. The summed E-state index contributed by atoms with van der Waals surface area (Å²) in [7, 11) is 1.53. The summed E-state index contributed by atoms with van der Waals surface area (Å²) in [4.78, 5) is 32.7. The fourth-order valence-corrected chi connectivity index (χ4v) is 2.29. The quantitative estimate of drug-likeness (QED) is 0.576. The van der Waals surface area contributed by atoms with Gasteiger partial charge in [-0.3, -0.25) is 9.59 Å². The van der Waals surface area contributed by atoms with Gasteiger partial charge in [0.15, 0.2) is 0 Å². The number of carboxylic acids is 1. The van der Waals surface area contributed by atoms with E-state index in [4.69, 9.17) is 9.84 Å². The second kappa shape index (κ2) is 8.85. The first kappa shape index (κ1) is 16.8. The number of carboxylic acid groups (broad SMARTS) is 1. The van der Waals surface area contributed by atoms with Crippen LogP contribution < -0.4 is 15.4 Å². The summed E-state index contributed by atoms with van der Waals surface area (Å²) in [6.45, 7) is 0. The third-order valence-electron chi connectivity index (χ3n) is 2.44. The van der Waals surface area contributed by atoms with Crippen LogP contribution in [0.25, 0.3) is 0 Å². The van der Waals surface area contributed by atoms with E-state index in [1.54, 1.807) is 24.3 Å². The van der Waals surface area contributed by atoms with Crippen LogP contribution in [0.5, 0.6) is 5.75 Å². The number of ether oxygens (including phenoxy) is 1. The van der Waals surface area contributed by atoms with Crippen LogP contribution in [-0.2, 0) is 14.4 Å². The number of anilines is 1. The molecular weight excluding hydrogens is 296 g/mol. The maximum absolute atomic E-state index is 11.7. The fourth-order valence-electron chi connectivity index (χ4n) is 1.44. The first-order valence-corrected chi connectivity index (χ1v) is 7.16. The van der Waals surface area contributed by atoms with Gasteiger partial charge in [0.05, 0.1) is 12.9 Å². The summed E-state index contributed by atoms with van der Waals surface area (Å²) in [5.41, 5.74) is 0.598. The molecule has 2 amide bonds. The number of carbonyl (C=O) groups is 3. The number of carbonyl (C=O) groups excluding carboxylic acids is 2. The number of methoxy groups -OCH3 is 1. The molecule has 0 aromatic heterocycles. The highest BCUT2D eigenvalue weighted by atomic mass is 32.2. The van der Waals surface area contributed by atoms with Crippen molar-refractivity contribution in [2.45, 2.75) is 6.04 Å². The molecule has 1 aromatic carbocycles. The van der Waals surface area contributed by atoms with Gasteiger partial charge >= 0.3 is 5.97 Å². The number of aliphatic carboxylic acids is 1. The first-order valence-electron chi connectivity index (χ1n) is 6.01. The van der Waals surface area contributed by atoms with Crippen LogP contribution in [0, 0.1) is 0 Å². The van der Waals surface area contributed by atoms with Crippen LogP contribution in [0.15, 0.2) is 24.3 Å². The van der Waals surface area contributed by atoms with Crippen molar-refractivity contribution < 1.29 is 24.2 Å². The maximum Gasteiger partial charge on any atom is 0.327 e. The Morgan fingerprint density at radius 2 is 2.24 bits per heavy atom. The molecule has 1 unspecified atom stereocenters. The van der Waals surface area contributed by atoms with Crippen LogP contribution in [0.1, 0.15) is 0 Å². The van der Waals surface area contributed by atoms with Crippen molar-refractivity contribution in [2.24, 2.45) is 0 Å². The van der Waals surface area contributed by atoms with Crippen molar-refractivity contribution in [3.8, 4) is 5.75 Å². The van der Waals surface area contributed by atoms with Gasteiger partial charge in [-0.05, 0) is 12.1 Å². The molecule has 1 atom stereocenters. The monoisotopic (exact) mass is 312 g/mol. The van der Waals surface area contributed by atoms with Gasteiger partial charge in [0.2, 0.25) is 12.3 Å². The third kappa shape index (κ3) is 6.17. The number of nitrogens with one attached hydrogen (secondary N) is 2. The molecule has 0 heterocycles. The Morgan fingerprint density at radius 3 is 2.86 bits per heavy atom. The topological polar surface area (TPSA) is 105 Å². The average Bonchev–Trinajstić information content (AvgIpc) is 2.46. The van der Waals surface area contributed by atoms with E-state index in [-0.39, 0.29) is 17.4 Å². The van der Waals surface area contributed by atoms with Crippen molar-refractivity contribution in [3.05, 3.63) is 24.3 Å². The van der Waals surface area contributed by atoms with E-state index in [2.05, 4.69) is 10.6 Å². The molecule has 1 aromatic rings. The Morgan fingerprint density at radius 1 is 1.48 bits per heavy atom. The molecular formula is C13H16N2O5S. The smallest absolute Gasteiger partial charge is 0.327 e. The van der Waals surface area contributed by atoms with Crippen molar-refractivity contribution in [1.82, 2.24) is 5.32 Å². The van der Waals surface area contributed by atoms with E-state index in [0.29, 0.717) is 17.8 Å². The molecule has 0 saturated heterocycles. The van der Waals surface area contributed by atoms with Gasteiger partial charge in [0.1, 0.15) is 11.8 Å². The van der Waals surface area contributed by atoms with Gasteiger partial charge in [-0.25, -0.2) is 4.79 Å². The Hall–Kier alpha value is -2.22. The minimum atomic E-state index is -1.14. The van der Waals surface area contributed by atoms with Crippen molar-refractivity contribution in [3.63, 3.8) is 0 Å². The molecule has 0 spiro atoms. The number of hydrogen-bond donors (Lipinski definition) is 3. The summed E-state index contributed by atoms with van der Waals surface area (Å²) >= 11 is 1.12. The average molecular weight is 312 g/mol. The Labute approximate surface area is 126 Å². The van der Waals surface area contributed by atoms with E-state index in [0.717, 1.165) is 11.8 Å². The highest BCUT2D eigenvalue weighted by molar-refractivity contribution is 8.00. The summed E-state index contributed by atoms with van der Waals surface area (Å²) in [5, 5.41) is 13.7. The van der Waals surface area contributed by atoms with E-state index < -0.39 is 12.0 Å². The molecule has 0 aliphatic rings. The molecule has 0 radical (unpaired) electrons. The Balaban J connectivity index is 2.39. The first-order chi connectivity index (χ1) is 10.1. The van der Waals surface area contributed by atoms with E-state index in [1.807, 2.05) is 0 Å². The molecule has 1 rings (SSSR count). The Bertz CT molecular complexity index is 509. The molecule has 3 N–H and O–H groups in total. The van der Waals surface area contributed by atoms with Crippen LogP contribution in [0.2, 0.25) is 0 Å². The van der Waals surface area contributed by atoms with Gasteiger partial charge in [-0.2, -0.15) is 0 Å². The predicted molar refractivity (Wildman–Crippen MR) is 79.6 cm³/mol. The number of rotatable bonds is 9. The van der Waals surface area contributed by atoms with Crippen molar-refractivity contribution in [2.75, 3.05) is 23.9 Å². The van der Waals surface area contributed by atoms with Gasteiger partial charge in [-0.15, -0.1) is 11.8 Å². The zero-order valence-electron chi connectivity index (χ0n) is 11.4. The molecule has 0 aliphatic carbocycles. The highest BCUT2D eigenvalue weighted by Crippen LogP contribution is 2.17. The largest absolute Gasteiger partial charge is 0.497 e. The van der Waals surface area contributed by atoms with Gasteiger partial charge in [0.25, 0.3) is 0 Å². The standard InChI is InChI=1S/C13H16N2O5S/c1-20-10-4-2-3-9(5-10)15-12(17)7-21-6-11(13(18)19)14-8-16/h2-5,8,11H,6-7H2,1H3,(H,14,16)(H,15,17)(H,18,19). The Kier molecular flexibility index (Phi) is 7.10. The molecule has 0 saturated carbocycles. The second-order valence-electron chi connectivity index (χ2n) is 3.97. The lowest BCUT2D eigenvalue weighted by Gasteiger charge is -2.10. The second-order valence-corrected chi connectivity index (χ2v) is 5.00. The molecule has 8 heteroatoms. The summed E-state index contributed by atoms with van der Waals surface area (Å²) < 4.78 is 5.04. The summed E-state index contributed by atoms with van der Waals surface area (Å²) in [6.07, 6.45) is 0.329. The number of benzene rings is 1. The lowest BCUT2D eigenvalue weighted by molar-refractivity contribution is -0.139. The van der Waals surface area contributed by atoms with Gasteiger partial charge < -0.3 is 20.5 Å². The van der Waals surface area contributed by atoms with E-state index in [1.165, 1.54) is 7.11 Å². The molecule has 0 aliphatic heterocycles. The normalized spacial score (nSPS) is 11.3. The molecule has 7 nitrogen and oxygen atoms in total. The number of hydrogen-bond acceptors (Lipinski definition) is 5. The number of amides is 2. The highest BCUT2D eigenvalue weighted by Gasteiger charge is 2.16. The lowest BCUT2D eigenvalue weighted by Crippen LogP contribution is -2.38. The van der Waals surface area contributed by atoms with E-state index >= 15 is 0 Å². The van der Waals surface area contributed by atoms with Crippen molar-refractivity contribution in [1.29, 1.82) is 0 Å². The minimum absolute atomic E-state index is 0.0848. The van der Waals surface area contributed by atoms with Gasteiger partial charge in [-0.1, -0.05) is 6.07 Å². The summed E-state index contributed by atoms with van der Waals surface area (Å²) in [6, 6.07) is 5.90. The predicted octanol–water partition coefficient (Wildman–Crippen LogP) is 0.566. The van der Waals surface area contributed by atoms with Crippen molar-refractivity contribution >= 4 is 35.7 Å². The maximum atomic E-state index is 11.7. The minimum Gasteiger partial charge on any atom is -0.497 e. The third-order valence-corrected chi connectivity index (χ3v) is 3.47. The van der Waals surface area contributed by atoms with Crippen LogP contribution >= 0.6 is 11.8 Å². The molecule has 0 fully saturated rings. The van der Waals surface area contributed by atoms with Crippen LogP contribution in [0.4, 0.5) is 5.69 Å². The zero-order chi connectivity index (χ0) is 15.7. The molecule has 114 valence electrons. The van der Waals surface area contributed by atoms with E-state index in [9.17, 15) is 14.4 Å². The van der Waals surface area contributed by atoms with Crippen LogP contribution in [0.3, 0.4) is 0 Å². The fraction of sp³-hybridized carbons (Fsp3) is 0.308. The molecule has 0 bridgehead atoms. The molecule has 21 heavy (non-hydrogen) atoms. The van der Waals surface area contributed by atoms with Crippen LogP contribution in [-0.4, -0.2) is 48.1 Å².